The minimum absolute atomic E-state index is 0.0605. The zero-order chi connectivity index (χ0) is 22.7. The van der Waals surface area contributed by atoms with Crippen LogP contribution in [0.5, 0.6) is 5.75 Å². The standard InChI is InChI=1S/C22H18FN5O3S/c1-13(29)24-17-12-15(7-10-18(17)31-2)25-22(30)20-26-21(19-4-3-11-32-19)28(27-20)16-8-5-14(23)6-9-16/h3-12H,1-2H3,(H,24,29)(H,25,30). The molecule has 0 radical (unpaired) electrons. The van der Waals surface area contributed by atoms with Gasteiger partial charge >= 0.3 is 0 Å². The lowest BCUT2D eigenvalue weighted by Gasteiger charge is -2.11. The molecule has 0 aliphatic rings. The maximum absolute atomic E-state index is 13.4. The van der Waals surface area contributed by atoms with Crippen molar-refractivity contribution in [3.8, 4) is 22.1 Å². The highest BCUT2D eigenvalue weighted by Gasteiger charge is 2.20. The third-order valence-electron chi connectivity index (χ3n) is 4.39. The predicted molar refractivity (Wildman–Crippen MR) is 120 cm³/mol. The van der Waals surface area contributed by atoms with Crippen molar-refractivity contribution in [3.05, 3.63) is 71.6 Å². The van der Waals surface area contributed by atoms with Gasteiger partial charge in [-0.1, -0.05) is 6.07 Å². The SMILES string of the molecule is COc1ccc(NC(=O)c2nc(-c3cccs3)n(-c3ccc(F)cc3)n2)cc1NC(C)=O. The van der Waals surface area contributed by atoms with Crippen LogP contribution in [0.3, 0.4) is 0 Å². The van der Waals surface area contributed by atoms with Gasteiger partial charge in [-0.2, -0.15) is 0 Å². The van der Waals surface area contributed by atoms with Crippen molar-refractivity contribution >= 4 is 34.5 Å². The van der Waals surface area contributed by atoms with E-state index < -0.39 is 5.91 Å². The van der Waals surface area contributed by atoms with Crippen molar-refractivity contribution in [2.75, 3.05) is 17.7 Å². The summed E-state index contributed by atoms with van der Waals surface area (Å²) in [6.07, 6.45) is 0. The molecule has 0 unspecified atom stereocenters. The number of aromatic nitrogens is 3. The molecule has 0 aliphatic heterocycles. The first-order valence-corrected chi connectivity index (χ1v) is 10.4. The third kappa shape index (κ3) is 4.49. The number of anilines is 2. The van der Waals surface area contributed by atoms with Crippen LogP contribution < -0.4 is 15.4 Å². The normalized spacial score (nSPS) is 10.6. The van der Waals surface area contributed by atoms with Crippen LogP contribution >= 0.6 is 11.3 Å². The molecule has 2 heterocycles. The molecule has 2 aromatic heterocycles. The molecule has 2 amide bonds. The summed E-state index contributed by atoms with van der Waals surface area (Å²) >= 11 is 1.45. The summed E-state index contributed by atoms with van der Waals surface area (Å²) in [5.74, 6) is -0.328. The number of nitrogens with one attached hydrogen (secondary N) is 2. The average molecular weight is 451 g/mol. The van der Waals surface area contributed by atoms with Crippen LogP contribution in [0.25, 0.3) is 16.4 Å². The first-order valence-electron chi connectivity index (χ1n) is 9.48. The Bertz CT molecular complexity index is 1270. The molecule has 0 fully saturated rings. The molecule has 0 spiro atoms. The maximum Gasteiger partial charge on any atom is 0.295 e. The lowest BCUT2D eigenvalue weighted by Crippen LogP contribution is -2.15. The van der Waals surface area contributed by atoms with E-state index in [2.05, 4.69) is 20.7 Å². The molecule has 162 valence electrons. The van der Waals surface area contributed by atoms with Crippen molar-refractivity contribution in [1.82, 2.24) is 14.8 Å². The molecule has 0 aliphatic carbocycles. The Morgan fingerprint density at radius 3 is 2.53 bits per heavy atom. The Labute approximate surface area is 186 Å². The number of hydrogen-bond acceptors (Lipinski definition) is 6. The molecule has 0 atom stereocenters. The molecule has 32 heavy (non-hydrogen) atoms. The highest BCUT2D eigenvalue weighted by Crippen LogP contribution is 2.29. The number of rotatable bonds is 6. The smallest absolute Gasteiger partial charge is 0.295 e. The van der Waals surface area contributed by atoms with E-state index in [1.807, 2.05) is 17.5 Å². The summed E-state index contributed by atoms with van der Waals surface area (Å²) in [5, 5.41) is 11.6. The molecule has 4 aromatic rings. The van der Waals surface area contributed by atoms with E-state index in [-0.39, 0.29) is 17.5 Å². The van der Waals surface area contributed by atoms with E-state index in [4.69, 9.17) is 4.74 Å². The lowest BCUT2D eigenvalue weighted by atomic mass is 10.2. The molecule has 4 rings (SSSR count). The van der Waals surface area contributed by atoms with Crippen LogP contribution in [0.4, 0.5) is 15.8 Å². The van der Waals surface area contributed by atoms with Gasteiger partial charge in [-0.3, -0.25) is 9.59 Å². The monoisotopic (exact) mass is 451 g/mol. The summed E-state index contributed by atoms with van der Waals surface area (Å²) in [6.45, 7) is 1.38. The number of thiophene rings is 1. The fourth-order valence-corrected chi connectivity index (χ4v) is 3.69. The molecule has 10 heteroatoms. The predicted octanol–water partition coefficient (Wildman–Crippen LogP) is 4.35. The van der Waals surface area contributed by atoms with E-state index in [1.165, 1.54) is 42.2 Å². The Morgan fingerprint density at radius 2 is 1.88 bits per heavy atom. The van der Waals surface area contributed by atoms with Gasteiger partial charge in [0.2, 0.25) is 11.7 Å². The molecular formula is C22H18FN5O3S. The lowest BCUT2D eigenvalue weighted by molar-refractivity contribution is -0.114. The summed E-state index contributed by atoms with van der Waals surface area (Å²) in [5.41, 5.74) is 1.41. The molecule has 0 saturated heterocycles. The van der Waals surface area contributed by atoms with Gasteiger partial charge in [0, 0.05) is 12.6 Å². The molecule has 8 nitrogen and oxygen atoms in total. The largest absolute Gasteiger partial charge is 0.495 e. The maximum atomic E-state index is 13.4. The number of ether oxygens (including phenoxy) is 1. The minimum Gasteiger partial charge on any atom is -0.495 e. The quantitative estimate of drug-likeness (QED) is 0.454. The summed E-state index contributed by atoms with van der Waals surface area (Å²) < 4.78 is 20.1. The zero-order valence-corrected chi connectivity index (χ0v) is 17.9. The van der Waals surface area contributed by atoms with E-state index in [1.54, 1.807) is 30.3 Å². The summed E-state index contributed by atoms with van der Waals surface area (Å²) in [7, 11) is 1.48. The number of halogens is 1. The Balaban J connectivity index is 1.67. The number of carbonyl (C=O) groups is 2. The Morgan fingerprint density at radius 1 is 1.09 bits per heavy atom. The van der Waals surface area contributed by atoms with Gasteiger partial charge in [0.25, 0.3) is 5.91 Å². The van der Waals surface area contributed by atoms with Gasteiger partial charge in [0.1, 0.15) is 11.6 Å². The Kier molecular flexibility index (Phi) is 5.95. The number of carbonyl (C=O) groups excluding carboxylic acids is 2. The van der Waals surface area contributed by atoms with Gasteiger partial charge in [0.05, 0.1) is 23.4 Å². The van der Waals surface area contributed by atoms with E-state index in [9.17, 15) is 14.0 Å². The van der Waals surface area contributed by atoms with Crippen molar-refractivity contribution in [3.63, 3.8) is 0 Å². The van der Waals surface area contributed by atoms with Crippen LogP contribution in [0.1, 0.15) is 17.5 Å². The van der Waals surface area contributed by atoms with Gasteiger partial charge < -0.3 is 15.4 Å². The fraction of sp³-hybridized carbons (Fsp3) is 0.0909. The highest BCUT2D eigenvalue weighted by molar-refractivity contribution is 7.13. The summed E-state index contributed by atoms with van der Waals surface area (Å²) in [4.78, 5) is 29.6. The zero-order valence-electron chi connectivity index (χ0n) is 17.1. The second-order valence-electron chi connectivity index (χ2n) is 6.67. The second kappa shape index (κ2) is 8.98. The first-order chi connectivity index (χ1) is 15.4. The average Bonchev–Trinajstić information content (AvgIpc) is 3.44. The number of amides is 2. The highest BCUT2D eigenvalue weighted by atomic mass is 32.1. The van der Waals surface area contributed by atoms with E-state index >= 15 is 0 Å². The number of hydrogen-bond donors (Lipinski definition) is 2. The molecular weight excluding hydrogens is 433 g/mol. The minimum atomic E-state index is -0.539. The molecule has 2 aromatic carbocycles. The van der Waals surface area contributed by atoms with E-state index in [0.717, 1.165) is 4.88 Å². The van der Waals surface area contributed by atoms with Crippen molar-refractivity contribution < 1.29 is 18.7 Å². The fourth-order valence-electron chi connectivity index (χ4n) is 3.00. The van der Waals surface area contributed by atoms with Crippen LogP contribution in [-0.2, 0) is 4.79 Å². The van der Waals surface area contributed by atoms with E-state index in [0.29, 0.717) is 28.6 Å². The number of nitrogens with zero attached hydrogens (tertiary/aromatic N) is 3. The van der Waals surface area contributed by atoms with Crippen molar-refractivity contribution in [1.29, 1.82) is 0 Å². The topological polar surface area (TPSA) is 98.1 Å². The van der Waals surface area contributed by atoms with Crippen molar-refractivity contribution in [2.24, 2.45) is 0 Å². The Hall–Kier alpha value is -4.05. The van der Waals surface area contributed by atoms with Crippen molar-refractivity contribution in [2.45, 2.75) is 6.92 Å². The second-order valence-corrected chi connectivity index (χ2v) is 7.62. The third-order valence-corrected chi connectivity index (χ3v) is 5.26. The first kappa shape index (κ1) is 21.2. The van der Waals surface area contributed by atoms with Crippen LogP contribution in [-0.4, -0.2) is 33.7 Å². The molecule has 0 saturated carbocycles. The van der Waals surface area contributed by atoms with Gasteiger partial charge in [0.15, 0.2) is 5.82 Å². The molecule has 0 bridgehead atoms. The van der Waals surface area contributed by atoms with Crippen LogP contribution in [0, 0.1) is 5.82 Å². The van der Waals surface area contributed by atoms with Gasteiger partial charge in [-0.15, -0.1) is 16.4 Å². The van der Waals surface area contributed by atoms with Crippen LogP contribution in [0.2, 0.25) is 0 Å². The van der Waals surface area contributed by atoms with Gasteiger partial charge in [-0.05, 0) is 53.9 Å². The van der Waals surface area contributed by atoms with Gasteiger partial charge in [-0.25, -0.2) is 14.1 Å². The number of benzene rings is 2. The molecule has 2 N–H and O–H groups in total. The number of methoxy groups -OCH3 is 1. The summed E-state index contributed by atoms with van der Waals surface area (Å²) in [6, 6.07) is 14.3. The van der Waals surface area contributed by atoms with Crippen LogP contribution in [0.15, 0.2) is 60.0 Å².